The summed E-state index contributed by atoms with van der Waals surface area (Å²) in [6.45, 7) is 0. The van der Waals surface area contributed by atoms with E-state index in [9.17, 15) is 9.59 Å². The lowest BCUT2D eigenvalue weighted by atomic mass is 10.1. The molecule has 1 aromatic rings. The van der Waals surface area contributed by atoms with Crippen molar-refractivity contribution in [3.8, 4) is 0 Å². The van der Waals surface area contributed by atoms with Gasteiger partial charge in [-0.1, -0.05) is 0 Å². The zero-order valence-electron chi connectivity index (χ0n) is 7.82. The molecule has 0 aliphatic heterocycles. The third kappa shape index (κ3) is 1.46. The van der Waals surface area contributed by atoms with Crippen LogP contribution in [0.5, 0.6) is 0 Å². The predicted molar refractivity (Wildman–Crippen MR) is 55.8 cm³/mol. The number of carboxylic acid groups (broad SMARTS) is 1. The maximum Gasteiger partial charge on any atom is 0.307 e. The number of fused-ring (bicyclic) bond motifs is 1. The van der Waals surface area contributed by atoms with Crippen molar-refractivity contribution < 1.29 is 14.7 Å². The third-order valence-electron chi connectivity index (χ3n) is 2.60. The lowest BCUT2D eigenvalue weighted by Gasteiger charge is -2.02. The van der Waals surface area contributed by atoms with E-state index in [0.29, 0.717) is 23.4 Å². The smallest absolute Gasteiger partial charge is 0.307 e. The van der Waals surface area contributed by atoms with Crippen molar-refractivity contribution in [3.63, 3.8) is 0 Å². The van der Waals surface area contributed by atoms with E-state index in [2.05, 4.69) is 0 Å². The molecule has 0 unspecified atom stereocenters. The second kappa shape index (κ2) is 3.23. The number of hydrogen-bond donors (Lipinski definition) is 3. The fraction of sp³-hybridized carbons (Fsp3) is 0.333. The summed E-state index contributed by atoms with van der Waals surface area (Å²) in [6.07, 6.45) is 0.809. The summed E-state index contributed by atoms with van der Waals surface area (Å²) in [5.41, 5.74) is 11.9. The monoisotopic (exact) mass is 226 g/mol. The predicted octanol–water partition coefficient (Wildman–Crippen LogP) is 0.229. The molecule has 1 aromatic heterocycles. The molecule has 1 aliphatic carbocycles. The zero-order valence-corrected chi connectivity index (χ0v) is 8.63. The van der Waals surface area contributed by atoms with Crippen LogP contribution in [0.4, 0.5) is 5.00 Å². The van der Waals surface area contributed by atoms with Gasteiger partial charge in [0.05, 0.1) is 16.5 Å². The van der Waals surface area contributed by atoms with Crippen LogP contribution in [0.2, 0.25) is 0 Å². The Bertz CT molecular complexity index is 452. The maximum atomic E-state index is 11.1. The van der Waals surface area contributed by atoms with Gasteiger partial charge in [-0.15, -0.1) is 11.3 Å². The average molecular weight is 226 g/mol. The molecule has 0 saturated carbocycles. The Morgan fingerprint density at radius 1 is 1.40 bits per heavy atom. The molecular formula is C9H10N2O3S. The van der Waals surface area contributed by atoms with Gasteiger partial charge in [0.15, 0.2) is 0 Å². The summed E-state index contributed by atoms with van der Waals surface area (Å²) in [5.74, 6) is -1.85. The molecule has 0 spiro atoms. The number of hydrogen-bond acceptors (Lipinski definition) is 4. The summed E-state index contributed by atoms with van der Waals surface area (Å²) in [5, 5.41) is 9.26. The molecule has 2 rings (SSSR count). The molecule has 1 heterocycles. The number of nitrogens with two attached hydrogens (primary N) is 2. The highest BCUT2D eigenvalue weighted by molar-refractivity contribution is 7.16. The van der Waals surface area contributed by atoms with Gasteiger partial charge in [-0.2, -0.15) is 0 Å². The molecule has 0 radical (unpaired) electrons. The van der Waals surface area contributed by atoms with Crippen LogP contribution in [0.15, 0.2) is 0 Å². The number of nitrogen functional groups attached to an aromatic ring is 1. The first-order valence-corrected chi connectivity index (χ1v) is 5.25. The van der Waals surface area contributed by atoms with Crippen molar-refractivity contribution in [3.05, 3.63) is 16.0 Å². The molecule has 1 atom stereocenters. The number of carbonyl (C=O) groups is 2. The summed E-state index contributed by atoms with van der Waals surface area (Å²) < 4.78 is 0. The molecule has 15 heavy (non-hydrogen) atoms. The Hall–Kier alpha value is -1.56. The lowest BCUT2D eigenvalue weighted by Crippen LogP contribution is -2.16. The second-order valence-corrected chi connectivity index (χ2v) is 4.69. The van der Waals surface area contributed by atoms with Crippen LogP contribution in [0.3, 0.4) is 0 Å². The van der Waals surface area contributed by atoms with Crippen LogP contribution in [0.1, 0.15) is 20.8 Å². The van der Waals surface area contributed by atoms with E-state index in [4.69, 9.17) is 16.6 Å². The average Bonchev–Trinajstić information content (AvgIpc) is 2.58. The van der Waals surface area contributed by atoms with Crippen LogP contribution in [0.25, 0.3) is 0 Å². The first-order chi connectivity index (χ1) is 7.00. The molecular weight excluding hydrogens is 216 g/mol. The van der Waals surface area contributed by atoms with Crippen LogP contribution in [-0.2, 0) is 17.6 Å². The molecule has 0 saturated heterocycles. The Labute approximate surface area is 89.7 Å². The van der Waals surface area contributed by atoms with Crippen LogP contribution in [0, 0.1) is 5.92 Å². The van der Waals surface area contributed by atoms with Crippen LogP contribution in [-0.4, -0.2) is 17.0 Å². The Morgan fingerprint density at radius 3 is 2.60 bits per heavy atom. The highest BCUT2D eigenvalue weighted by atomic mass is 32.1. The first-order valence-electron chi connectivity index (χ1n) is 4.43. The number of carbonyl (C=O) groups excluding carboxylic acids is 1. The first kappa shape index (κ1) is 9.97. The molecule has 5 N–H and O–H groups in total. The van der Waals surface area contributed by atoms with Gasteiger partial charge >= 0.3 is 5.97 Å². The van der Waals surface area contributed by atoms with Crippen molar-refractivity contribution in [2.75, 3.05) is 5.73 Å². The van der Waals surface area contributed by atoms with Crippen molar-refractivity contribution in [1.29, 1.82) is 0 Å². The fourth-order valence-electron chi connectivity index (χ4n) is 1.90. The number of primary amides is 1. The Morgan fingerprint density at radius 2 is 2.07 bits per heavy atom. The maximum absolute atomic E-state index is 11.1. The SMILES string of the molecule is NC(=O)c1c(N)sc2c1C[C@@H](C(=O)O)C2. The molecule has 80 valence electrons. The topological polar surface area (TPSA) is 106 Å². The summed E-state index contributed by atoms with van der Waals surface area (Å²) in [4.78, 5) is 22.8. The van der Waals surface area contributed by atoms with E-state index in [1.807, 2.05) is 0 Å². The molecule has 1 amide bonds. The van der Waals surface area contributed by atoms with E-state index >= 15 is 0 Å². The minimum Gasteiger partial charge on any atom is -0.481 e. The van der Waals surface area contributed by atoms with Gasteiger partial charge in [-0.25, -0.2) is 0 Å². The third-order valence-corrected chi connectivity index (χ3v) is 3.68. The van der Waals surface area contributed by atoms with Gasteiger partial charge in [0.1, 0.15) is 0 Å². The Balaban J connectivity index is 2.41. The molecule has 1 aliphatic rings. The van der Waals surface area contributed by atoms with Gasteiger partial charge < -0.3 is 16.6 Å². The van der Waals surface area contributed by atoms with Gasteiger partial charge in [0.2, 0.25) is 0 Å². The minimum atomic E-state index is -0.840. The van der Waals surface area contributed by atoms with Crippen molar-refractivity contribution in [1.82, 2.24) is 0 Å². The molecule has 6 heteroatoms. The number of amides is 1. The van der Waals surface area contributed by atoms with Crippen molar-refractivity contribution in [2.24, 2.45) is 11.7 Å². The number of anilines is 1. The number of rotatable bonds is 2. The van der Waals surface area contributed by atoms with Gasteiger partial charge in [0, 0.05) is 4.88 Å². The lowest BCUT2D eigenvalue weighted by molar-refractivity contribution is -0.141. The standard InChI is InChI=1S/C9H10N2O3S/c10-7(12)6-4-1-3(9(13)14)2-5(4)15-8(6)11/h3H,1-2,11H2,(H2,10,12)(H,13,14)/t3-/m1/s1. The number of thiophene rings is 1. The molecule has 0 fully saturated rings. The van der Waals surface area contributed by atoms with Crippen LogP contribution >= 0.6 is 11.3 Å². The normalized spacial score (nSPS) is 18.8. The summed E-state index contributed by atoms with van der Waals surface area (Å²) in [6, 6.07) is 0. The summed E-state index contributed by atoms with van der Waals surface area (Å²) >= 11 is 1.27. The fourth-order valence-corrected chi connectivity index (χ4v) is 3.09. The van der Waals surface area contributed by atoms with E-state index in [-0.39, 0.29) is 0 Å². The minimum absolute atomic E-state index is 0.318. The number of aliphatic carboxylic acids is 1. The van der Waals surface area contributed by atoms with Crippen LogP contribution < -0.4 is 11.5 Å². The van der Waals surface area contributed by atoms with E-state index < -0.39 is 17.8 Å². The largest absolute Gasteiger partial charge is 0.481 e. The van der Waals surface area contributed by atoms with Crippen molar-refractivity contribution >= 4 is 28.2 Å². The van der Waals surface area contributed by atoms with Gasteiger partial charge in [0.25, 0.3) is 5.91 Å². The highest BCUT2D eigenvalue weighted by Crippen LogP contribution is 2.39. The quantitative estimate of drug-likeness (QED) is 0.671. The van der Waals surface area contributed by atoms with Gasteiger partial charge in [-0.05, 0) is 18.4 Å². The van der Waals surface area contributed by atoms with E-state index in [1.165, 1.54) is 11.3 Å². The molecule has 0 bridgehead atoms. The number of carboxylic acids is 1. The van der Waals surface area contributed by atoms with E-state index in [0.717, 1.165) is 10.4 Å². The Kier molecular flexibility index (Phi) is 2.15. The zero-order chi connectivity index (χ0) is 11.2. The molecule has 0 aromatic carbocycles. The van der Waals surface area contributed by atoms with Gasteiger partial charge in [-0.3, -0.25) is 9.59 Å². The second-order valence-electron chi connectivity index (χ2n) is 3.55. The summed E-state index contributed by atoms with van der Waals surface area (Å²) in [7, 11) is 0. The highest BCUT2D eigenvalue weighted by Gasteiger charge is 2.33. The van der Waals surface area contributed by atoms with E-state index in [1.54, 1.807) is 0 Å². The molecule has 5 nitrogen and oxygen atoms in total. The van der Waals surface area contributed by atoms with Crippen molar-refractivity contribution in [2.45, 2.75) is 12.8 Å².